The van der Waals surface area contributed by atoms with E-state index >= 15 is 0 Å². The standard InChI is InChI=1S/C21H18FN5OS/c1-13(19-24-25-20(28-19)14-7-3-2-4-8-14)29-21-26-23-18(27(21)15-11-12-15)16-9-5-6-10-17(16)22/h2-10,13,15H,11-12H2,1H3. The summed E-state index contributed by atoms with van der Waals surface area (Å²) in [5, 5.41) is 17.6. The maximum atomic E-state index is 14.3. The Labute approximate surface area is 171 Å². The summed E-state index contributed by atoms with van der Waals surface area (Å²) in [5.41, 5.74) is 1.35. The fourth-order valence-electron chi connectivity index (χ4n) is 3.15. The number of hydrogen-bond donors (Lipinski definition) is 0. The molecule has 1 aliphatic carbocycles. The summed E-state index contributed by atoms with van der Waals surface area (Å²) in [4.78, 5) is 0. The van der Waals surface area contributed by atoms with Gasteiger partial charge in [0.05, 0.1) is 10.8 Å². The zero-order chi connectivity index (χ0) is 19.8. The van der Waals surface area contributed by atoms with Crippen molar-refractivity contribution < 1.29 is 8.81 Å². The van der Waals surface area contributed by atoms with E-state index in [2.05, 4.69) is 20.4 Å². The zero-order valence-electron chi connectivity index (χ0n) is 15.7. The maximum absolute atomic E-state index is 14.3. The van der Waals surface area contributed by atoms with Gasteiger partial charge in [-0.05, 0) is 44.0 Å². The summed E-state index contributed by atoms with van der Waals surface area (Å²) in [6.07, 6.45) is 2.08. The molecule has 2 aromatic carbocycles. The van der Waals surface area contributed by atoms with Crippen LogP contribution >= 0.6 is 11.8 Å². The second-order valence-corrected chi connectivity index (χ2v) is 8.27. The number of rotatable bonds is 6. The van der Waals surface area contributed by atoms with Gasteiger partial charge in [0.25, 0.3) is 0 Å². The molecule has 2 heterocycles. The van der Waals surface area contributed by atoms with E-state index in [-0.39, 0.29) is 11.1 Å². The summed E-state index contributed by atoms with van der Waals surface area (Å²) in [6, 6.07) is 16.6. The van der Waals surface area contributed by atoms with E-state index in [4.69, 9.17) is 4.42 Å². The average Bonchev–Trinajstić information content (AvgIpc) is 3.30. The molecular formula is C21H18FN5OS. The predicted octanol–water partition coefficient (Wildman–Crippen LogP) is 5.32. The molecule has 8 heteroatoms. The Bertz CT molecular complexity index is 1140. The van der Waals surface area contributed by atoms with Crippen molar-refractivity contribution >= 4 is 11.8 Å². The summed E-state index contributed by atoms with van der Waals surface area (Å²) >= 11 is 1.49. The van der Waals surface area contributed by atoms with Crippen molar-refractivity contribution in [2.45, 2.75) is 36.2 Å². The van der Waals surface area contributed by atoms with Gasteiger partial charge in [-0.2, -0.15) is 0 Å². The zero-order valence-corrected chi connectivity index (χ0v) is 16.5. The number of nitrogens with zero attached hydrogens (tertiary/aromatic N) is 5. The number of aromatic nitrogens is 5. The molecule has 0 amide bonds. The third-order valence-corrected chi connectivity index (χ3v) is 5.83. The highest BCUT2D eigenvalue weighted by Gasteiger charge is 2.32. The topological polar surface area (TPSA) is 69.6 Å². The van der Waals surface area contributed by atoms with Gasteiger partial charge in [0.2, 0.25) is 11.8 Å². The molecule has 1 saturated carbocycles. The first-order valence-electron chi connectivity index (χ1n) is 9.46. The Morgan fingerprint density at radius 2 is 1.76 bits per heavy atom. The van der Waals surface area contributed by atoms with Gasteiger partial charge < -0.3 is 4.42 Å². The minimum absolute atomic E-state index is 0.116. The molecule has 1 atom stereocenters. The van der Waals surface area contributed by atoms with Crippen molar-refractivity contribution in [3.05, 3.63) is 66.3 Å². The van der Waals surface area contributed by atoms with Crippen LogP contribution in [0, 0.1) is 5.82 Å². The molecule has 0 radical (unpaired) electrons. The van der Waals surface area contributed by atoms with Crippen LogP contribution in [0.25, 0.3) is 22.8 Å². The molecule has 6 nitrogen and oxygen atoms in total. The SMILES string of the molecule is CC(Sc1nnc(-c2ccccc2F)n1C1CC1)c1nnc(-c2ccccc2)o1. The van der Waals surface area contributed by atoms with Crippen molar-refractivity contribution in [3.8, 4) is 22.8 Å². The Morgan fingerprint density at radius 3 is 2.52 bits per heavy atom. The number of halogens is 1. The minimum atomic E-state index is -0.296. The van der Waals surface area contributed by atoms with Crippen LogP contribution in [0.5, 0.6) is 0 Å². The fraction of sp³-hybridized carbons (Fsp3) is 0.238. The van der Waals surface area contributed by atoms with Gasteiger partial charge in [0, 0.05) is 11.6 Å². The van der Waals surface area contributed by atoms with Crippen LogP contribution in [0.4, 0.5) is 4.39 Å². The van der Waals surface area contributed by atoms with Crippen molar-refractivity contribution in [1.82, 2.24) is 25.0 Å². The van der Waals surface area contributed by atoms with Gasteiger partial charge in [-0.15, -0.1) is 20.4 Å². The second kappa shape index (κ2) is 7.44. The van der Waals surface area contributed by atoms with Gasteiger partial charge in [-0.3, -0.25) is 4.57 Å². The summed E-state index contributed by atoms with van der Waals surface area (Å²) in [5.74, 6) is 1.28. The molecule has 0 N–H and O–H groups in total. The third-order valence-electron chi connectivity index (χ3n) is 4.78. The van der Waals surface area contributed by atoms with E-state index in [1.165, 1.54) is 17.8 Å². The molecule has 0 aliphatic heterocycles. The Hall–Kier alpha value is -3.00. The molecule has 4 aromatic rings. The highest BCUT2D eigenvalue weighted by molar-refractivity contribution is 7.99. The lowest BCUT2D eigenvalue weighted by molar-refractivity contribution is 0.508. The van der Waals surface area contributed by atoms with Crippen LogP contribution in [-0.4, -0.2) is 25.0 Å². The van der Waals surface area contributed by atoms with Crippen LogP contribution in [-0.2, 0) is 0 Å². The normalized spacial score (nSPS) is 14.8. The Kier molecular flexibility index (Phi) is 4.63. The molecule has 1 unspecified atom stereocenters. The summed E-state index contributed by atoms with van der Waals surface area (Å²) in [7, 11) is 0. The molecule has 0 saturated heterocycles. The smallest absolute Gasteiger partial charge is 0.247 e. The highest BCUT2D eigenvalue weighted by Crippen LogP contribution is 2.44. The molecule has 5 rings (SSSR count). The first kappa shape index (κ1) is 18.1. The summed E-state index contributed by atoms with van der Waals surface area (Å²) < 4.78 is 22.2. The van der Waals surface area contributed by atoms with Crippen LogP contribution in [0.2, 0.25) is 0 Å². The maximum Gasteiger partial charge on any atom is 0.247 e. The Morgan fingerprint density at radius 1 is 1.00 bits per heavy atom. The van der Waals surface area contributed by atoms with E-state index in [1.807, 2.05) is 47.9 Å². The van der Waals surface area contributed by atoms with Gasteiger partial charge >= 0.3 is 0 Å². The summed E-state index contributed by atoms with van der Waals surface area (Å²) in [6.45, 7) is 1.99. The second-order valence-electron chi connectivity index (χ2n) is 6.96. The lowest BCUT2D eigenvalue weighted by Gasteiger charge is -2.11. The molecular weight excluding hydrogens is 389 g/mol. The van der Waals surface area contributed by atoms with Gasteiger partial charge in [0.1, 0.15) is 5.82 Å². The van der Waals surface area contributed by atoms with Crippen LogP contribution in [0.15, 0.2) is 64.2 Å². The number of benzene rings is 2. The van der Waals surface area contributed by atoms with Crippen molar-refractivity contribution in [3.63, 3.8) is 0 Å². The van der Waals surface area contributed by atoms with Gasteiger partial charge in [-0.1, -0.05) is 42.1 Å². The molecule has 146 valence electrons. The molecule has 0 spiro atoms. The average molecular weight is 407 g/mol. The van der Waals surface area contributed by atoms with Crippen LogP contribution in [0.3, 0.4) is 0 Å². The predicted molar refractivity (Wildman–Crippen MR) is 108 cm³/mol. The third kappa shape index (κ3) is 3.55. The van der Waals surface area contributed by atoms with Crippen molar-refractivity contribution in [2.24, 2.45) is 0 Å². The quantitative estimate of drug-likeness (QED) is 0.403. The number of thioether (sulfide) groups is 1. The molecule has 1 fully saturated rings. The first-order chi connectivity index (χ1) is 14.2. The molecule has 29 heavy (non-hydrogen) atoms. The van der Waals surface area contributed by atoms with Crippen LogP contribution < -0.4 is 0 Å². The van der Waals surface area contributed by atoms with E-state index in [0.29, 0.717) is 29.2 Å². The molecule has 0 bridgehead atoms. The van der Waals surface area contributed by atoms with Crippen molar-refractivity contribution in [2.75, 3.05) is 0 Å². The fourth-order valence-corrected chi connectivity index (χ4v) is 4.10. The van der Waals surface area contributed by atoms with Gasteiger partial charge in [-0.25, -0.2) is 4.39 Å². The molecule has 2 aromatic heterocycles. The lowest BCUT2D eigenvalue weighted by Crippen LogP contribution is -2.02. The highest BCUT2D eigenvalue weighted by atomic mass is 32.2. The van der Waals surface area contributed by atoms with E-state index in [9.17, 15) is 4.39 Å². The van der Waals surface area contributed by atoms with Crippen LogP contribution in [0.1, 0.15) is 36.9 Å². The van der Waals surface area contributed by atoms with E-state index < -0.39 is 0 Å². The van der Waals surface area contributed by atoms with Gasteiger partial charge in [0.15, 0.2) is 11.0 Å². The molecule has 1 aliphatic rings. The first-order valence-corrected chi connectivity index (χ1v) is 10.3. The van der Waals surface area contributed by atoms with E-state index in [0.717, 1.165) is 23.6 Å². The van der Waals surface area contributed by atoms with Crippen molar-refractivity contribution in [1.29, 1.82) is 0 Å². The monoisotopic (exact) mass is 407 g/mol. The van der Waals surface area contributed by atoms with E-state index in [1.54, 1.807) is 12.1 Å². The minimum Gasteiger partial charge on any atom is -0.419 e. The number of hydrogen-bond acceptors (Lipinski definition) is 6. The lowest BCUT2D eigenvalue weighted by atomic mass is 10.2. The largest absolute Gasteiger partial charge is 0.419 e. The Balaban J connectivity index is 1.42.